The van der Waals surface area contributed by atoms with Gasteiger partial charge in [-0.3, -0.25) is 4.90 Å². The third-order valence-electron chi connectivity index (χ3n) is 4.85. The molecular formula is C19H19BrN2O3. The van der Waals surface area contributed by atoms with E-state index in [0.29, 0.717) is 24.5 Å². The molecule has 1 fully saturated rings. The van der Waals surface area contributed by atoms with Crippen molar-refractivity contribution in [1.82, 2.24) is 10.2 Å². The number of carbonyl (C=O) groups is 1. The smallest absolute Gasteiger partial charge is 0.321 e. The van der Waals surface area contributed by atoms with Gasteiger partial charge < -0.3 is 14.8 Å². The molecule has 0 aliphatic carbocycles. The minimum absolute atomic E-state index is 0.0975. The molecule has 25 heavy (non-hydrogen) atoms. The van der Waals surface area contributed by atoms with Crippen molar-refractivity contribution in [3.05, 3.63) is 58.1 Å². The van der Waals surface area contributed by atoms with Crippen molar-refractivity contribution in [1.29, 1.82) is 0 Å². The summed E-state index contributed by atoms with van der Waals surface area (Å²) < 4.78 is 12.7. The van der Waals surface area contributed by atoms with Gasteiger partial charge in [0.1, 0.15) is 0 Å². The van der Waals surface area contributed by atoms with Gasteiger partial charge in [0.15, 0.2) is 17.2 Å². The van der Waals surface area contributed by atoms with E-state index in [1.54, 1.807) is 12.0 Å². The van der Waals surface area contributed by atoms with Crippen molar-refractivity contribution in [2.24, 2.45) is 0 Å². The molecule has 6 heteroatoms. The molecule has 2 aliphatic heterocycles. The lowest BCUT2D eigenvalue weighted by Gasteiger charge is -2.51. The molecular weight excluding hydrogens is 384 g/mol. The lowest BCUT2D eigenvalue weighted by Crippen LogP contribution is -2.64. The highest BCUT2D eigenvalue weighted by Crippen LogP contribution is 2.49. The van der Waals surface area contributed by atoms with Gasteiger partial charge in [-0.25, -0.2) is 4.79 Å². The van der Waals surface area contributed by atoms with Crippen molar-refractivity contribution in [3.8, 4) is 11.5 Å². The Morgan fingerprint density at radius 1 is 1.36 bits per heavy atom. The van der Waals surface area contributed by atoms with E-state index in [9.17, 15) is 4.79 Å². The summed E-state index contributed by atoms with van der Waals surface area (Å²) in [5, 5.41) is 3.11. The summed E-state index contributed by atoms with van der Waals surface area (Å²) >= 11 is 3.50. The van der Waals surface area contributed by atoms with Gasteiger partial charge in [-0.2, -0.15) is 0 Å². The highest BCUT2D eigenvalue weighted by molar-refractivity contribution is 9.10. The number of hydrogen-bond donors (Lipinski definition) is 1. The van der Waals surface area contributed by atoms with Crippen LogP contribution in [0.3, 0.4) is 0 Å². The average molecular weight is 403 g/mol. The van der Waals surface area contributed by atoms with Crippen molar-refractivity contribution in [2.45, 2.75) is 31.7 Å². The molecule has 0 saturated carbocycles. The molecule has 2 aliphatic rings. The zero-order valence-electron chi connectivity index (χ0n) is 14.1. The first kappa shape index (κ1) is 16.3. The Morgan fingerprint density at radius 3 is 2.84 bits per heavy atom. The van der Waals surface area contributed by atoms with Crippen molar-refractivity contribution in [2.75, 3.05) is 7.11 Å². The van der Waals surface area contributed by atoms with Gasteiger partial charge in [0, 0.05) is 16.5 Å². The number of urea groups is 1. The number of ether oxygens (including phenoxy) is 2. The van der Waals surface area contributed by atoms with E-state index in [1.165, 1.54) is 0 Å². The van der Waals surface area contributed by atoms with E-state index in [2.05, 4.69) is 21.2 Å². The second-order valence-corrected chi connectivity index (χ2v) is 7.50. The molecule has 1 saturated heterocycles. The molecule has 0 spiro atoms. The van der Waals surface area contributed by atoms with Crippen LogP contribution in [0.2, 0.25) is 0 Å². The van der Waals surface area contributed by atoms with E-state index in [0.717, 1.165) is 15.6 Å². The topological polar surface area (TPSA) is 50.8 Å². The van der Waals surface area contributed by atoms with Crippen LogP contribution in [0.5, 0.6) is 11.5 Å². The van der Waals surface area contributed by atoms with Crippen LogP contribution in [0.15, 0.2) is 46.9 Å². The first-order valence-corrected chi connectivity index (χ1v) is 8.98. The van der Waals surface area contributed by atoms with Crippen molar-refractivity contribution >= 4 is 22.0 Å². The van der Waals surface area contributed by atoms with E-state index in [1.807, 2.05) is 49.4 Å². The second kappa shape index (κ2) is 5.95. The largest absolute Gasteiger partial charge is 0.493 e. The van der Waals surface area contributed by atoms with Gasteiger partial charge in [-0.05, 0) is 24.6 Å². The minimum atomic E-state index is -0.725. The molecule has 0 unspecified atom stereocenters. The fourth-order valence-electron chi connectivity index (χ4n) is 3.60. The zero-order valence-corrected chi connectivity index (χ0v) is 15.7. The number of halogens is 1. The lowest BCUT2D eigenvalue weighted by molar-refractivity contribution is -0.0891. The van der Waals surface area contributed by atoms with Crippen LogP contribution < -0.4 is 14.8 Å². The van der Waals surface area contributed by atoms with Crippen LogP contribution in [-0.4, -0.2) is 23.8 Å². The number of nitrogens with zero attached hydrogens (tertiary/aromatic N) is 1. The summed E-state index contributed by atoms with van der Waals surface area (Å²) in [6.07, 6.45) is 0.679. The third kappa shape index (κ3) is 2.74. The molecule has 0 radical (unpaired) electrons. The SMILES string of the molecule is COc1cc(Br)cc2c1O[C@@]1(C)C[C@@H]2NC(=O)N1Cc1ccccc1. The summed E-state index contributed by atoms with van der Waals surface area (Å²) in [4.78, 5) is 14.5. The van der Waals surface area contributed by atoms with Gasteiger partial charge in [0.2, 0.25) is 0 Å². The quantitative estimate of drug-likeness (QED) is 0.835. The summed E-state index contributed by atoms with van der Waals surface area (Å²) in [5.74, 6) is 1.36. The predicted octanol–water partition coefficient (Wildman–Crippen LogP) is 4.22. The third-order valence-corrected chi connectivity index (χ3v) is 5.30. The van der Waals surface area contributed by atoms with E-state index >= 15 is 0 Å². The van der Waals surface area contributed by atoms with E-state index < -0.39 is 5.72 Å². The molecule has 2 atom stereocenters. The molecule has 2 amide bonds. The number of fused-ring (bicyclic) bond motifs is 4. The molecule has 2 aromatic carbocycles. The second-order valence-electron chi connectivity index (χ2n) is 6.58. The first-order chi connectivity index (χ1) is 12.0. The minimum Gasteiger partial charge on any atom is -0.493 e. The number of hydrogen-bond acceptors (Lipinski definition) is 3. The van der Waals surface area contributed by atoms with Gasteiger partial charge in [-0.1, -0.05) is 46.3 Å². The first-order valence-electron chi connectivity index (χ1n) is 8.19. The summed E-state index contributed by atoms with van der Waals surface area (Å²) in [6, 6.07) is 13.6. The Morgan fingerprint density at radius 2 is 2.12 bits per heavy atom. The average Bonchev–Trinajstić information content (AvgIpc) is 2.59. The molecule has 4 rings (SSSR count). The Hall–Kier alpha value is -2.21. The van der Waals surface area contributed by atoms with Crippen LogP contribution in [0.1, 0.15) is 30.5 Å². The van der Waals surface area contributed by atoms with Crippen LogP contribution in [0.4, 0.5) is 4.79 Å². The van der Waals surface area contributed by atoms with Crippen molar-refractivity contribution in [3.63, 3.8) is 0 Å². The Kier molecular flexibility index (Phi) is 3.87. The Balaban J connectivity index is 1.74. The number of amides is 2. The molecule has 1 N–H and O–H groups in total. The maximum Gasteiger partial charge on any atom is 0.321 e. The number of rotatable bonds is 3. The van der Waals surface area contributed by atoms with Gasteiger partial charge in [0.25, 0.3) is 0 Å². The molecule has 5 nitrogen and oxygen atoms in total. The Bertz CT molecular complexity index is 827. The van der Waals surface area contributed by atoms with Gasteiger partial charge in [0.05, 0.1) is 19.7 Å². The van der Waals surface area contributed by atoms with Crippen LogP contribution >= 0.6 is 15.9 Å². The van der Waals surface area contributed by atoms with Crippen LogP contribution in [0, 0.1) is 0 Å². The fraction of sp³-hybridized carbons (Fsp3) is 0.316. The number of methoxy groups -OCH3 is 1. The van der Waals surface area contributed by atoms with Gasteiger partial charge >= 0.3 is 6.03 Å². The molecule has 2 aromatic rings. The Labute approximate surface area is 155 Å². The molecule has 2 bridgehead atoms. The van der Waals surface area contributed by atoms with Crippen molar-refractivity contribution < 1.29 is 14.3 Å². The molecule has 2 heterocycles. The normalized spacial score (nSPS) is 24.2. The van der Waals surface area contributed by atoms with E-state index in [4.69, 9.17) is 9.47 Å². The lowest BCUT2D eigenvalue weighted by atomic mass is 9.90. The summed E-state index contributed by atoms with van der Waals surface area (Å²) in [5.41, 5.74) is 1.28. The highest BCUT2D eigenvalue weighted by Gasteiger charge is 2.49. The fourth-order valence-corrected chi connectivity index (χ4v) is 4.05. The molecule has 130 valence electrons. The van der Waals surface area contributed by atoms with Gasteiger partial charge in [-0.15, -0.1) is 0 Å². The maximum atomic E-state index is 12.8. The highest BCUT2D eigenvalue weighted by atomic mass is 79.9. The monoisotopic (exact) mass is 402 g/mol. The summed E-state index contributed by atoms with van der Waals surface area (Å²) in [6.45, 7) is 2.45. The predicted molar refractivity (Wildman–Crippen MR) is 97.6 cm³/mol. The maximum absolute atomic E-state index is 12.8. The van der Waals surface area contributed by atoms with E-state index in [-0.39, 0.29) is 12.1 Å². The van der Waals surface area contributed by atoms with Crippen LogP contribution in [-0.2, 0) is 6.54 Å². The number of benzene rings is 2. The molecule has 0 aromatic heterocycles. The number of nitrogens with one attached hydrogen (secondary N) is 1. The standard InChI is InChI=1S/C19H19BrN2O3/c1-19-10-15(14-8-13(20)9-16(24-2)17(14)25-19)21-18(23)22(19)11-12-6-4-3-5-7-12/h3-9,15H,10-11H2,1-2H3,(H,21,23)/t15-,19-/m0/s1. The van der Waals surface area contributed by atoms with Crippen LogP contribution in [0.25, 0.3) is 0 Å². The number of carbonyl (C=O) groups excluding carboxylic acids is 1. The summed E-state index contributed by atoms with van der Waals surface area (Å²) in [7, 11) is 1.62. The zero-order chi connectivity index (χ0) is 17.6.